The minimum atomic E-state index is -0.765. The lowest BCUT2D eigenvalue weighted by Gasteiger charge is -2.46. The molecule has 8 rings (SSSR count). The van der Waals surface area contributed by atoms with Crippen LogP contribution in [0.2, 0.25) is 15.2 Å². The summed E-state index contributed by atoms with van der Waals surface area (Å²) < 4.78 is 54.1. The molecule has 2 unspecified atom stereocenters. The van der Waals surface area contributed by atoms with E-state index in [1.165, 1.54) is 36.7 Å². The van der Waals surface area contributed by atoms with E-state index in [0.717, 1.165) is 19.3 Å². The third kappa shape index (κ3) is 12.7. The van der Waals surface area contributed by atoms with Crippen LogP contribution in [-0.2, 0) is 19.2 Å². The predicted octanol–water partition coefficient (Wildman–Crippen LogP) is 3.97. The topological polar surface area (TPSA) is 270 Å². The van der Waals surface area contributed by atoms with Crippen LogP contribution >= 0.6 is 34.8 Å². The Labute approximate surface area is 397 Å². The minimum absolute atomic E-state index is 0.0176. The molecule has 360 valence electrons. The summed E-state index contributed by atoms with van der Waals surface area (Å²) >= 11 is 17.0. The number of anilines is 5. The number of piperidine rings is 4. The molecular weight excluding hydrogens is 947 g/mol. The van der Waals surface area contributed by atoms with Gasteiger partial charge in [0.25, 0.3) is 0 Å². The van der Waals surface area contributed by atoms with Gasteiger partial charge < -0.3 is 53.6 Å². The number of nitrogen functional groups attached to an aromatic ring is 2. The summed E-state index contributed by atoms with van der Waals surface area (Å²) in [6.45, 7) is 2.76. The van der Waals surface area contributed by atoms with Crippen LogP contribution in [0.3, 0.4) is 0 Å². The second-order valence-corrected chi connectivity index (χ2v) is 17.4. The Kier molecular flexibility index (Phi) is 17.1. The summed E-state index contributed by atoms with van der Waals surface area (Å²) in [6.07, 6.45) is 5.84. The summed E-state index contributed by atoms with van der Waals surface area (Å²) in [5.74, 6) is -5.15. The fourth-order valence-corrected chi connectivity index (χ4v) is 9.21. The number of hydrogen-bond acceptors (Lipinski definition) is 14. The maximum atomic E-state index is 14.5. The molecule has 11 N–H and O–H groups in total. The van der Waals surface area contributed by atoms with Gasteiger partial charge in [0.2, 0.25) is 35.3 Å². The lowest BCUT2D eigenvalue weighted by Crippen LogP contribution is -2.61. The number of nitrogens with two attached hydrogens (primary N) is 4. The third-order valence-corrected chi connectivity index (χ3v) is 12.5. The highest BCUT2D eigenvalue weighted by atomic mass is 35.5. The van der Waals surface area contributed by atoms with Crippen molar-refractivity contribution in [3.63, 3.8) is 0 Å². The molecule has 2 aromatic heterocycles. The summed E-state index contributed by atoms with van der Waals surface area (Å²) in [7, 11) is 0. The van der Waals surface area contributed by atoms with E-state index in [4.69, 9.17) is 57.7 Å². The molecule has 2 aromatic carbocycles. The van der Waals surface area contributed by atoms with E-state index < -0.39 is 53.2 Å². The first-order valence-electron chi connectivity index (χ1n) is 21.2. The Hall–Kier alpha value is -5.97. The molecule has 6 heterocycles. The van der Waals surface area contributed by atoms with Crippen molar-refractivity contribution < 1.29 is 36.7 Å². The number of amides is 4. The van der Waals surface area contributed by atoms with Gasteiger partial charge in [-0.05, 0) is 81.5 Å². The second kappa shape index (κ2) is 22.7. The lowest BCUT2D eigenvalue weighted by atomic mass is 9.87. The Morgan fingerprint density at radius 1 is 0.657 bits per heavy atom. The van der Waals surface area contributed by atoms with Crippen molar-refractivity contribution in [3.05, 3.63) is 87.5 Å². The van der Waals surface area contributed by atoms with Gasteiger partial charge >= 0.3 is 0 Å². The number of aromatic nitrogens is 4. The van der Waals surface area contributed by atoms with Gasteiger partial charge in [-0.2, -0.15) is 8.78 Å². The Balaban J connectivity index is 0.000000191. The molecule has 4 fully saturated rings. The normalized spacial score (nSPS) is 23.0. The number of nitrogens with zero attached hydrogens (tertiary/aromatic N) is 7. The first-order valence-corrected chi connectivity index (χ1v) is 22.3. The van der Waals surface area contributed by atoms with Crippen molar-refractivity contribution >= 4 is 87.3 Å². The molecule has 0 aliphatic carbocycles. The summed E-state index contributed by atoms with van der Waals surface area (Å²) in [4.78, 5) is 69.6. The number of carbonyl (C=O) groups is 4. The van der Waals surface area contributed by atoms with Crippen LogP contribution < -0.4 is 43.8 Å². The molecule has 4 aromatic rings. The molecule has 0 bridgehead atoms. The van der Waals surface area contributed by atoms with Crippen molar-refractivity contribution in [2.75, 3.05) is 66.3 Å². The number of nitrogens with one attached hydrogen (secondary N) is 3. The molecule has 67 heavy (non-hydrogen) atoms. The molecule has 4 aliphatic rings. The van der Waals surface area contributed by atoms with Crippen LogP contribution in [0.5, 0.6) is 0 Å². The Morgan fingerprint density at radius 2 is 1.16 bits per heavy atom. The van der Waals surface area contributed by atoms with Crippen LogP contribution in [0.25, 0.3) is 0 Å². The monoisotopic (exact) mass is 994 g/mol. The minimum Gasteiger partial charge on any atom is -0.381 e. The number of carbonyl (C=O) groups excluding carboxylic acids is 4. The number of primary amides is 2. The van der Waals surface area contributed by atoms with Crippen LogP contribution in [0.15, 0.2) is 49.1 Å². The second-order valence-electron chi connectivity index (χ2n) is 16.2. The third-order valence-electron chi connectivity index (χ3n) is 11.8. The quantitative estimate of drug-likeness (QED) is 0.0925. The number of halogens is 7. The van der Waals surface area contributed by atoms with Crippen molar-refractivity contribution in [2.45, 2.75) is 62.7 Å². The van der Waals surface area contributed by atoms with Crippen LogP contribution in [0.1, 0.15) is 38.5 Å². The molecule has 0 radical (unpaired) electrons. The molecule has 0 spiro atoms. The highest BCUT2D eigenvalue weighted by Crippen LogP contribution is 2.32. The Morgan fingerprint density at radius 3 is 1.67 bits per heavy atom. The zero-order valence-electron chi connectivity index (χ0n) is 35.8. The number of benzene rings is 2. The van der Waals surface area contributed by atoms with Gasteiger partial charge in [-0.15, -0.1) is 0 Å². The largest absolute Gasteiger partial charge is 0.381 e. The number of rotatable bonds is 9. The molecule has 0 saturated carbocycles. The predicted molar refractivity (Wildman–Crippen MR) is 245 cm³/mol. The molecule has 18 nitrogen and oxygen atoms in total. The van der Waals surface area contributed by atoms with Gasteiger partial charge in [0.15, 0.2) is 22.6 Å². The summed E-state index contributed by atoms with van der Waals surface area (Å²) in [5, 5.41) is 9.58. The first-order chi connectivity index (χ1) is 31.9. The van der Waals surface area contributed by atoms with E-state index in [9.17, 15) is 36.7 Å². The van der Waals surface area contributed by atoms with E-state index in [1.54, 1.807) is 20.8 Å². The van der Waals surface area contributed by atoms with E-state index in [1.807, 2.05) is 0 Å². The molecule has 25 heteroatoms. The molecule has 4 saturated heterocycles. The summed E-state index contributed by atoms with van der Waals surface area (Å²) in [6, 6.07) is 6.16. The van der Waals surface area contributed by atoms with Gasteiger partial charge in [-0.1, -0.05) is 34.8 Å². The number of hydrogen-bond donors (Lipinski definition) is 7. The van der Waals surface area contributed by atoms with Gasteiger partial charge in [-0.25, -0.2) is 28.7 Å². The van der Waals surface area contributed by atoms with Crippen LogP contribution in [0, 0.1) is 35.1 Å². The standard InChI is InChI=1S/C21H24ClF2N7O2.C17H22ClFN4O2.C4H3ClFN3/c22-11-6-12(23)8-13(7-11)29-15-2-1-4-31(21(15)33)16-9-30(5-3-14(16)19(26)32)20-17(24)18(25)27-10-28-20;18-10-6-11(19)8-12(7-10)22-14-2-1-5-23(17(14)25)15-9-21-4-3-13(15)16(20)24;5-3-2(6)4(7)9-1-8-3/h6-8,10,14-16,29H,1-5,9H2,(H2,26,32)(H2,25,27,28);6-8,13-15,21-22H,1-5,9H2,(H2,20,24);1H,(H2,7,8,9)/t14-,15?,16-;13-,14?,15-;/m00./s1. The number of likely N-dealkylation sites (tertiary alicyclic amines) is 2. The van der Waals surface area contributed by atoms with Crippen molar-refractivity contribution in [2.24, 2.45) is 23.3 Å². The molecule has 6 atom stereocenters. The van der Waals surface area contributed by atoms with E-state index in [0.29, 0.717) is 69.7 Å². The van der Waals surface area contributed by atoms with E-state index in [2.05, 4.69) is 35.9 Å². The molecule has 4 aliphatic heterocycles. The zero-order chi connectivity index (χ0) is 48.5. The van der Waals surface area contributed by atoms with Crippen LogP contribution in [0.4, 0.5) is 46.4 Å². The Bertz CT molecular complexity index is 2390. The van der Waals surface area contributed by atoms with Crippen molar-refractivity contribution in [1.82, 2.24) is 35.1 Å². The highest BCUT2D eigenvalue weighted by Gasteiger charge is 2.43. The zero-order valence-corrected chi connectivity index (χ0v) is 38.1. The van der Waals surface area contributed by atoms with Gasteiger partial charge in [0, 0.05) is 54.1 Å². The smallest absolute Gasteiger partial charge is 0.245 e. The maximum absolute atomic E-state index is 14.5. The van der Waals surface area contributed by atoms with Gasteiger partial charge in [-0.3, -0.25) is 19.2 Å². The average Bonchev–Trinajstić information content (AvgIpc) is 3.27. The molecular formula is C42H49Cl3F4N14O4. The van der Waals surface area contributed by atoms with Gasteiger partial charge in [0.05, 0.1) is 23.9 Å². The highest BCUT2D eigenvalue weighted by molar-refractivity contribution is 6.31. The first kappa shape index (κ1) is 50.4. The average molecular weight is 996 g/mol. The van der Waals surface area contributed by atoms with Crippen molar-refractivity contribution in [1.29, 1.82) is 0 Å². The fraction of sp³-hybridized carbons (Fsp3) is 0.429. The van der Waals surface area contributed by atoms with Gasteiger partial charge in [0.1, 0.15) is 36.4 Å². The molecule has 4 amide bonds. The van der Waals surface area contributed by atoms with E-state index in [-0.39, 0.29) is 68.9 Å². The SMILES string of the molecule is NC(=O)[C@H]1CCN(c2ncnc(N)c2F)C[C@@H]1N1CCCC(Nc2cc(F)cc(Cl)c2)C1=O.NC(=O)[C@H]1CCNC[C@@H]1N1CCCC(Nc2cc(F)cc(Cl)c2)C1=O.Nc1ncnc(Cl)c1F. The summed E-state index contributed by atoms with van der Waals surface area (Å²) in [5.41, 5.74) is 22.6. The van der Waals surface area contributed by atoms with Crippen LogP contribution in [-0.4, -0.2) is 117 Å². The fourth-order valence-electron chi connectivity index (χ4n) is 8.63. The van der Waals surface area contributed by atoms with Crippen molar-refractivity contribution in [3.8, 4) is 0 Å². The lowest BCUT2D eigenvalue weighted by molar-refractivity contribution is -0.141. The maximum Gasteiger partial charge on any atom is 0.245 e. The van der Waals surface area contributed by atoms with E-state index >= 15 is 0 Å².